The number of pyridine rings is 1. The molecule has 1 unspecified atom stereocenters. The van der Waals surface area contributed by atoms with Crippen molar-refractivity contribution < 1.29 is 0 Å². The minimum atomic E-state index is 0.252. The fourth-order valence-electron chi connectivity index (χ4n) is 3.97. The Morgan fingerprint density at radius 2 is 1.96 bits per heavy atom. The van der Waals surface area contributed by atoms with Crippen molar-refractivity contribution in [3.63, 3.8) is 0 Å². The lowest BCUT2D eigenvalue weighted by Crippen LogP contribution is -2.41. The Hall–Kier alpha value is -1.25. The van der Waals surface area contributed by atoms with Crippen LogP contribution in [0.1, 0.15) is 58.2 Å². The molecule has 2 saturated heterocycles. The summed E-state index contributed by atoms with van der Waals surface area (Å²) in [6, 6.07) is 2.16. The number of allylic oxidation sites excluding steroid dienone is 1. The maximum atomic E-state index is 7.74. The molecule has 5 heteroatoms. The van der Waals surface area contributed by atoms with Crippen LogP contribution in [-0.2, 0) is 6.42 Å². The minimum Gasteiger partial charge on any atom is -0.369 e. The Labute approximate surface area is 148 Å². The number of anilines is 1. The lowest BCUT2D eigenvalue weighted by Gasteiger charge is -2.31. The summed E-state index contributed by atoms with van der Waals surface area (Å²) in [5.74, 6) is 0. The lowest BCUT2D eigenvalue weighted by molar-refractivity contribution is 0.287. The molecule has 1 atom stereocenters. The first-order chi connectivity index (χ1) is 11.8. The Kier molecular flexibility index (Phi) is 6.94. The van der Waals surface area contributed by atoms with Gasteiger partial charge >= 0.3 is 0 Å². The number of nitrogens with zero attached hydrogens (tertiary/aromatic N) is 3. The van der Waals surface area contributed by atoms with Gasteiger partial charge in [-0.25, -0.2) is 4.67 Å². The summed E-state index contributed by atoms with van der Waals surface area (Å²) in [5.41, 5.74) is 4.12. The van der Waals surface area contributed by atoms with Crippen LogP contribution < -0.4 is 4.90 Å². The summed E-state index contributed by atoms with van der Waals surface area (Å²) >= 11 is 0. The van der Waals surface area contributed by atoms with Crippen LogP contribution in [0.4, 0.5) is 5.69 Å². The standard InChI is InChI=1S/C15H19N4P.2C2H6/c16-20-19-9-2-6-15(19)7-10-18(11-15)14-5-8-17-13-4-1-3-12(13)14;2*1-2/h1,3,5,8,16H,2,4,6-7,9-11H2;2*1-2H3. The zero-order valence-electron chi connectivity index (χ0n) is 15.5. The van der Waals surface area contributed by atoms with Gasteiger partial charge in [-0.3, -0.25) is 10.1 Å². The highest BCUT2D eigenvalue weighted by molar-refractivity contribution is 7.22. The molecule has 24 heavy (non-hydrogen) atoms. The van der Waals surface area contributed by atoms with E-state index in [1.807, 2.05) is 33.9 Å². The summed E-state index contributed by atoms with van der Waals surface area (Å²) in [6.45, 7) is 11.3. The van der Waals surface area contributed by atoms with Crippen molar-refractivity contribution in [2.24, 2.45) is 0 Å². The van der Waals surface area contributed by atoms with Gasteiger partial charge in [0.25, 0.3) is 0 Å². The van der Waals surface area contributed by atoms with E-state index in [0.717, 1.165) is 26.1 Å². The molecule has 1 aromatic rings. The van der Waals surface area contributed by atoms with E-state index in [0.29, 0.717) is 8.52 Å². The van der Waals surface area contributed by atoms with Gasteiger partial charge < -0.3 is 4.90 Å². The molecule has 4 nitrogen and oxygen atoms in total. The zero-order valence-corrected chi connectivity index (χ0v) is 16.4. The molecule has 3 heterocycles. The normalized spacial score (nSPS) is 24.6. The van der Waals surface area contributed by atoms with Crippen molar-refractivity contribution in [1.82, 2.24) is 9.65 Å². The molecule has 4 rings (SSSR count). The van der Waals surface area contributed by atoms with Crippen LogP contribution in [0.3, 0.4) is 0 Å². The maximum Gasteiger partial charge on any atom is 0.0909 e. The van der Waals surface area contributed by atoms with E-state index in [-0.39, 0.29) is 5.54 Å². The van der Waals surface area contributed by atoms with Crippen molar-refractivity contribution in [1.29, 1.82) is 5.16 Å². The minimum absolute atomic E-state index is 0.252. The number of nitrogens with one attached hydrogen (secondary N) is 1. The zero-order chi connectivity index (χ0) is 17.6. The predicted molar refractivity (Wildman–Crippen MR) is 105 cm³/mol. The second-order valence-corrected chi connectivity index (χ2v) is 6.70. The van der Waals surface area contributed by atoms with Gasteiger partial charge in [0, 0.05) is 49.0 Å². The molecule has 2 fully saturated rings. The number of rotatable bonds is 2. The lowest BCUT2D eigenvalue weighted by atomic mass is 9.97. The highest BCUT2D eigenvalue weighted by Crippen LogP contribution is 2.43. The van der Waals surface area contributed by atoms with Crippen LogP contribution in [0.15, 0.2) is 18.3 Å². The highest BCUT2D eigenvalue weighted by atomic mass is 31.1. The van der Waals surface area contributed by atoms with Crippen molar-refractivity contribution in [2.45, 2.75) is 58.9 Å². The fraction of sp³-hybridized carbons (Fsp3) is 0.632. The molecule has 0 radical (unpaired) electrons. The van der Waals surface area contributed by atoms with Gasteiger partial charge in [0.2, 0.25) is 0 Å². The van der Waals surface area contributed by atoms with Gasteiger partial charge in [-0.2, -0.15) is 0 Å². The SMILES string of the molecule is CC.CC.N=PN1CCCC12CCN(c1ccnc3c1C=CC3)C2. The quantitative estimate of drug-likeness (QED) is 0.732. The first-order valence-corrected chi connectivity index (χ1v) is 10.2. The van der Waals surface area contributed by atoms with E-state index in [2.05, 4.69) is 32.8 Å². The Morgan fingerprint density at radius 3 is 2.71 bits per heavy atom. The number of hydrogen-bond donors (Lipinski definition) is 1. The van der Waals surface area contributed by atoms with Crippen LogP contribution in [0.5, 0.6) is 0 Å². The molecule has 0 saturated carbocycles. The molecular weight excluding hydrogens is 315 g/mol. The highest BCUT2D eigenvalue weighted by Gasteiger charge is 2.46. The van der Waals surface area contributed by atoms with Gasteiger partial charge in [-0.05, 0) is 25.3 Å². The molecule has 1 spiro atoms. The van der Waals surface area contributed by atoms with Gasteiger partial charge in [0.1, 0.15) is 0 Å². The Balaban J connectivity index is 0.000000487. The first kappa shape index (κ1) is 19.1. The molecule has 1 aliphatic carbocycles. The van der Waals surface area contributed by atoms with Gasteiger partial charge in [0.15, 0.2) is 0 Å². The van der Waals surface area contributed by atoms with E-state index >= 15 is 0 Å². The third-order valence-corrected chi connectivity index (χ3v) is 5.86. The predicted octanol–water partition coefficient (Wildman–Crippen LogP) is 5.37. The van der Waals surface area contributed by atoms with Gasteiger partial charge in [-0.1, -0.05) is 39.8 Å². The van der Waals surface area contributed by atoms with Gasteiger partial charge in [-0.15, -0.1) is 0 Å². The Morgan fingerprint density at radius 1 is 1.17 bits per heavy atom. The Bertz CT molecular complexity index is 587. The van der Waals surface area contributed by atoms with Crippen molar-refractivity contribution in [2.75, 3.05) is 24.5 Å². The fourth-order valence-corrected chi connectivity index (χ4v) is 4.69. The van der Waals surface area contributed by atoms with Crippen LogP contribution in [0.25, 0.3) is 6.08 Å². The molecule has 3 aliphatic rings. The molecule has 0 aromatic carbocycles. The second kappa shape index (κ2) is 8.73. The molecule has 1 aromatic heterocycles. The molecular formula is C19H31N4P. The van der Waals surface area contributed by atoms with E-state index in [1.165, 1.54) is 36.2 Å². The van der Waals surface area contributed by atoms with Crippen LogP contribution >= 0.6 is 8.52 Å². The van der Waals surface area contributed by atoms with Crippen molar-refractivity contribution >= 4 is 20.3 Å². The third-order valence-electron chi connectivity index (χ3n) is 5.00. The topological polar surface area (TPSA) is 43.2 Å². The number of fused-ring (bicyclic) bond motifs is 1. The summed E-state index contributed by atoms with van der Waals surface area (Å²) in [7, 11) is 0.692. The van der Waals surface area contributed by atoms with Crippen molar-refractivity contribution in [3.05, 3.63) is 29.6 Å². The summed E-state index contributed by atoms with van der Waals surface area (Å²) in [4.78, 5) is 6.99. The second-order valence-electron chi connectivity index (χ2n) is 6.02. The summed E-state index contributed by atoms with van der Waals surface area (Å²) in [6.07, 6.45) is 11.0. The van der Waals surface area contributed by atoms with E-state index in [4.69, 9.17) is 5.16 Å². The van der Waals surface area contributed by atoms with E-state index in [1.54, 1.807) is 0 Å². The average molecular weight is 346 g/mol. The first-order valence-electron chi connectivity index (χ1n) is 9.37. The smallest absolute Gasteiger partial charge is 0.0909 e. The average Bonchev–Trinajstić information content (AvgIpc) is 3.38. The largest absolute Gasteiger partial charge is 0.369 e. The number of aromatic nitrogens is 1. The molecule has 0 bridgehead atoms. The van der Waals surface area contributed by atoms with E-state index < -0.39 is 0 Å². The summed E-state index contributed by atoms with van der Waals surface area (Å²) in [5, 5.41) is 7.74. The van der Waals surface area contributed by atoms with Crippen LogP contribution in [-0.4, -0.2) is 34.8 Å². The molecule has 1 N–H and O–H groups in total. The molecule has 132 valence electrons. The monoisotopic (exact) mass is 346 g/mol. The van der Waals surface area contributed by atoms with Gasteiger partial charge in [0.05, 0.1) is 14.2 Å². The van der Waals surface area contributed by atoms with Crippen molar-refractivity contribution in [3.8, 4) is 0 Å². The maximum absolute atomic E-state index is 7.74. The number of hydrogen-bond acceptors (Lipinski definition) is 3. The molecule has 0 amide bonds. The van der Waals surface area contributed by atoms with Crippen LogP contribution in [0, 0.1) is 5.16 Å². The third kappa shape index (κ3) is 3.41. The summed E-state index contributed by atoms with van der Waals surface area (Å²) < 4.78 is 2.35. The van der Waals surface area contributed by atoms with Crippen LogP contribution in [0.2, 0.25) is 0 Å². The van der Waals surface area contributed by atoms with E-state index in [9.17, 15) is 0 Å². The molecule has 2 aliphatic heterocycles.